The van der Waals surface area contributed by atoms with E-state index in [1.54, 1.807) is 12.4 Å². The van der Waals surface area contributed by atoms with Crippen molar-refractivity contribution < 1.29 is 0 Å². The van der Waals surface area contributed by atoms with Crippen LogP contribution in [0.15, 0.2) is 85.2 Å². The predicted molar refractivity (Wildman–Crippen MR) is 101 cm³/mol. The van der Waals surface area contributed by atoms with Crippen LogP contribution < -0.4 is 0 Å². The maximum Gasteiger partial charge on any atom is 0.0894 e. The van der Waals surface area contributed by atoms with Crippen molar-refractivity contribution in [1.29, 1.82) is 0 Å². The molecule has 0 saturated carbocycles. The van der Waals surface area contributed by atoms with Crippen LogP contribution in [0.3, 0.4) is 0 Å². The first-order valence-corrected chi connectivity index (χ1v) is 8.28. The zero-order valence-corrected chi connectivity index (χ0v) is 14.1. The van der Waals surface area contributed by atoms with E-state index >= 15 is 0 Å². The summed E-state index contributed by atoms with van der Waals surface area (Å²) in [5.41, 5.74) is 5.49. The van der Waals surface area contributed by atoms with E-state index in [1.165, 1.54) is 0 Å². The third kappa shape index (κ3) is 3.42. The fourth-order valence-electron chi connectivity index (χ4n) is 2.63. The molecule has 3 heterocycles. The number of aromatic nitrogens is 3. The molecule has 0 aliphatic carbocycles. The summed E-state index contributed by atoms with van der Waals surface area (Å²) in [6.07, 6.45) is 3.57. The van der Waals surface area contributed by atoms with Gasteiger partial charge in [-0.2, -0.15) is 0 Å². The molecule has 3 nitrogen and oxygen atoms in total. The Bertz CT molecular complexity index is 999. The second-order valence-electron chi connectivity index (χ2n) is 5.56. The molecule has 4 rings (SSSR count). The smallest absolute Gasteiger partial charge is 0.0894 e. The van der Waals surface area contributed by atoms with Crippen LogP contribution in [0.5, 0.6) is 0 Å². The predicted octanol–water partition coefficient (Wildman–Crippen LogP) is 5.53. The summed E-state index contributed by atoms with van der Waals surface area (Å²) in [5.74, 6) is 0. The largest absolute Gasteiger partial charge is 0.255 e. The number of hydrogen-bond acceptors (Lipinski definition) is 3. The van der Waals surface area contributed by atoms with E-state index in [9.17, 15) is 0 Å². The first-order chi connectivity index (χ1) is 12.3. The molecule has 0 unspecified atom stereocenters. The number of rotatable bonds is 3. The maximum atomic E-state index is 5.97. The topological polar surface area (TPSA) is 38.7 Å². The minimum Gasteiger partial charge on any atom is -0.255 e. The van der Waals surface area contributed by atoms with Gasteiger partial charge in [-0.1, -0.05) is 35.9 Å². The van der Waals surface area contributed by atoms with Gasteiger partial charge in [-0.25, -0.2) is 4.98 Å². The molecule has 0 atom stereocenters. The first kappa shape index (κ1) is 15.5. The number of halogens is 1. The second-order valence-corrected chi connectivity index (χ2v) is 6.00. The van der Waals surface area contributed by atoms with Gasteiger partial charge in [0.1, 0.15) is 0 Å². The SMILES string of the molecule is Clc1ccc(-c2ccnc(-c3cccc(-c4ccccn4)n3)c2)cc1. The molecule has 25 heavy (non-hydrogen) atoms. The van der Waals surface area contributed by atoms with E-state index in [4.69, 9.17) is 16.6 Å². The molecular weight excluding hydrogens is 330 g/mol. The molecule has 0 N–H and O–H groups in total. The number of benzene rings is 1. The van der Waals surface area contributed by atoms with Crippen LogP contribution in [0.25, 0.3) is 33.9 Å². The summed E-state index contributed by atoms with van der Waals surface area (Å²) in [6.45, 7) is 0. The molecule has 0 aliphatic rings. The number of nitrogens with zero attached hydrogens (tertiary/aromatic N) is 3. The van der Waals surface area contributed by atoms with Gasteiger partial charge in [-0.3, -0.25) is 9.97 Å². The van der Waals surface area contributed by atoms with Gasteiger partial charge in [-0.15, -0.1) is 0 Å². The average molecular weight is 344 g/mol. The standard InChI is InChI=1S/C21H14ClN3/c22-17-9-7-15(8-10-17)16-11-13-24-21(14-16)20-6-3-5-19(25-20)18-4-1-2-12-23-18/h1-14H. The summed E-state index contributed by atoms with van der Waals surface area (Å²) in [6, 6.07) is 23.5. The lowest BCUT2D eigenvalue weighted by Crippen LogP contribution is -1.92. The van der Waals surface area contributed by atoms with Gasteiger partial charge >= 0.3 is 0 Å². The van der Waals surface area contributed by atoms with Crippen molar-refractivity contribution in [2.75, 3.05) is 0 Å². The minimum absolute atomic E-state index is 0.725. The fourth-order valence-corrected chi connectivity index (χ4v) is 2.75. The molecular formula is C21H14ClN3. The molecule has 1 aromatic carbocycles. The summed E-state index contributed by atoms with van der Waals surface area (Å²) in [7, 11) is 0. The number of hydrogen-bond donors (Lipinski definition) is 0. The van der Waals surface area contributed by atoms with E-state index in [-0.39, 0.29) is 0 Å². The summed E-state index contributed by atoms with van der Waals surface area (Å²) < 4.78 is 0. The van der Waals surface area contributed by atoms with Crippen molar-refractivity contribution >= 4 is 11.6 Å². The van der Waals surface area contributed by atoms with Gasteiger partial charge in [0.05, 0.1) is 22.8 Å². The molecule has 0 radical (unpaired) electrons. The lowest BCUT2D eigenvalue weighted by molar-refractivity contribution is 1.22. The quantitative estimate of drug-likeness (QED) is 0.491. The van der Waals surface area contributed by atoms with Gasteiger partial charge in [-0.05, 0) is 59.7 Å². The summed E-state index contributed by atoms with van der Waals surface area (Å²) in [5, 5.41) is 0.725. The van der Waals surface area contributed by atoms with Gasteiger partial charge in [0.2, 0.25) is 0 Å². The molecule has 0 amide bonds. The van der Waals surface area contributed by atoms with Crippen molar-refractivity contribution in [2.24, 2.45) is 0 Å². The van der Waals surface area contributed by atoms with Crippen LogP contribution in [0.2, 0.25) is 5.02 Å². The van der Waals surface area contributed by atoms with Gasteiger partial charge in [0, 0.05) is 17.4 Å². The lowest BCUT2D eigenvalue weighted by atomic mass is 10.1. The van der Waals surface area contributed by atoms with Crippen molar-refractivity contribution in [2.45, 2.75) is 0 Å². The molecule has 4 heteroatoms. The summed E-state index contributed by atoms with van der Waals surface area (Å²) >= 11 is 5.97. The number of pyridine rings is 3. The lowest BCUT2D eigenvalue weighted by Gasteiger charge is -2.06. The van der Waals surface area contributed by atoms with Crippen LogP contribution in [-0.2, 0) is 0 Å². The van der Waals surface area contributed by atoms with Gasteiger partial charge < -0.3 is 0 Å². The second kappa shape index (κ2) is 6.83. The highest BCUT2D eigenvalue weighted by Crippen LogP contribution is 2.26. The molecule has 0 bridgehead atoms. The van der Waals surface area contributed by atoms with E-state index in [0.29, 0.717) is 0 Å². The van der Waals surface area contributed by atoms with Crippen LogP contribution in [0.4, 0.5) is 0 Å². The monoisotopic (exact) mass is 343 g/mol. The third-order valence-electron chi connectivity index (χ3n) is 3.88. The highest BCUT2D eigenvalue weighted by atomic mass is 35.5. The van der Waals surface area contributed by atoms with E-state index in [0.717, 1.165) is 38.9 Å². The Balaban J connectivity index is 1.73. The van der Waals surface area contributed by atoms with Crippen LogP contribution in [0, 0.1) is 0 Å². The Kier molecular flexibility index (Phi) is 4.23. The van der Waals surface area contributed by atoms with Gasteiger partial charge in [0.15, 0.2) is 0 Å². The molecule has 3 aromatic heterocycles. The average Bonchev–Trinajstić information content (AvgIpc) is 2.69. The fraction of sp³-hybridized carbons (Fsp3) is 0. The Hall–Kier alpha value is -3.04. The first-order valence-electron chi connectivity index (χ1n) is 7.90. The maximum absolute atomic E-state index is 5.97. The van der Waals surface area contributed by atoms with Crippen LogP contribution in [-0.4, -0.2) is 15.0 Å². The van der Waals surface area contributed by atoms with E-state index < -0.39 is 0 Å². The summed E-state index contributed by atoms with van der Waals surface area (Å²) in [4.78, 5) is 13.6. The van der Waals surface area contributed by atoms with Crippen LogP contribution >= 0.6 is 11.6 Å². The highest BCUT2D eigenvalue weighted by Gasteiger charge is 2.07. The molecule has 0 aliphatic heterocycles. The van der Waals surface area contributed by atoms with E-state index in [2.05, 4.69) is 9.97 Å². The van der Waals surface area contributed by atoms with Crippen LogP contribution in [0.1, 0.15) is 0 Å². The van der Waals surface area contributed by atoms with Crippen molar-refractivity contribution in [3.63, 3.8) is 0 Å². The Morgan fingerprint density at radius 3 is 2.04 bits per heavy atom. The zero-order chi connectivity index (χ0) is 17.1. The zero-order valence-electron chi connectivity index (χ0n) is 13.3. The van der Waals surface area contributed by atoms with Crippen molar-refractivity contribution in [3.05, 3.63) is 90.2 Å². The molecule has 0 spiro atoms. The highest BCUT2D eigenvalue weighted by molar-refractivity contribution is 6.30. The molecule has 0 fully saturated rings. The molecule has 4 aromatic rings. The third-order valence-corrected chi connectivity index (χ3v) is 4.13. The van der Waals surface area contributed by atoms with Crippen molar-refractivity contribution in [1.82, 2.24) is 15.0 Å². The Morgan fingerprint density at radius 2 is 1.28 bits per heavy atom. The minimum atomic E-state index is 0.725. The Labute approximate surface area is 151 Å². The molecule has 120 valence electrons. The molecule has 0 saturated heterocycles. The van der Waals surface area contributed by atoms with E-state index in [1.807, 2.05) is 72.8 Å². The van der Waals surface area contributed by atoms with Crippen molar-refractivity contribution in [3.8, 4) is 33.9 Å². The Morgan fingerprint density at radius 1 is 0.560 bits per heavy atom. The normalized spacial score (nSPS) is 10.6. The van der Waals surface area contributed by atoms with Gasteiger partial charge in [0.25, 0.3) is 0 Å².